The minimum atomic E-state index is -1.07. The van der Waals surface area contributed by atoms with Gasteiger partial charge in [-0.1, -0.05) is 74.9 Å². The number of nitrogens with zero attached hydrogens (tertiary/aromatic N) is 3. The second kappa shape index (κ2) is 11.9. The van der Waals surface area contributed by atoms with E-state index in [4.69, 9.17) is 16.3 Å². The van der Waals surface area contributed by atoms with Crippen LogP contribution >= 0.6 is 66.6 Å². The molecule has 2 heterocycles. The van der Waals surface area contributed by atoms with Gasteiger partial charge in [0.2, 0.25) is 5.13 Å². The molecule has 1 amide bonds. The van der Waals surface area contributed by atoms with Gasteiger partial charge in [0.1, 0.15) is 5.76 Å². The van der Waals surface area contributed by atoms with E-state index in [0.717, 1.165) is 21.4 Å². The molecule has 8 nitrogen and oxygen atoms in total. The number of Topliss-reactive ketones (excluding diaryl/α,β-unsaturated/α-hetero) is 1. The van der Waals surface area contributed by atoms with Crippen molar-refractivity contribution in [1.82, 2.24) is 10.2 Å². The Morgan fingerprint density at radius 3 is 2.48 bits per heavy atom. The number of ether oxygens (including phenoxy) is 1. The normalized spacial score (nSPS) is 16.5. The number of carbonyl (C=O) groups is 2. The van der Waals surface area contributed by atoms with Crippen LogP contribution in [-0.4, -0.2) is 39.2 Å². The highest BCUT2D eigenvalue weighted by Gasteiger charge is 2.48. The molecule has 0 radical (unpaired) electrons. The Balaban J connectivity index is 1.59. The molecule has 1 unspecified atom stereocenters. The van der Waals surface area contributed by atoms with E-state index in [9.17, 15) is 19.8 Å². The first-order chi connectivity index (χ1) is 19.2. The molecule has 3 aromatic carbocycles. The summed E-state index contributed by atoms with van der Waals surface area (Å²) in [7, 11) is 1.39. The number of aromatic nitrogens is 2. The molecule has 1 aromatic heterocycles. The lowest BCUT2D eigenvalue weighted by molar-refractivity contribution is -0.132. The minimum Gasteiger partial charge on any atom is -0.507 e. The van der Waals surface area contributed by atoms with Gasteiger partial charge in [0.25, 0.3) is 5.78 Å². The number of anilines is 1. The van der Waals surface area contributed by atoms with Gasteiger partial charge in [-0.2, -0.15) is 0 Å². The van der Waals surface area contributed by atoms with Gasteiger partial charge in [-0.05, 0) is 63.5 Å². The summed E-state index contributed by atoms with van der Waals surface area (Å²) >= 11 is 15.2. The first kappa shape index (κ1) is 28.6. The Hall–Kier alpha value is -2.90. The fourth-order valence-electron chi connectivity index (χ4n) is 4.10. The van der Waals surface area contributed by atoms with Crippen molar-refractivity contribution in [3.05, 3.63) is 96.9 Å². The van der Waals surface area contributed by atoms with Crippen LogP contribution in [0.25, 0.3) is 5.76 Å². The summed E-state index contributed by atoms with van der Waals surface area (Å²) in [5.74, 6) is -1.51. The number of hydrogen-bond acceptors (Lipinski definition) is 9. The number of aliphatic hydroxyl groups excluding tert-OH is 1. The van der Waals surface area contributed by atoms with Crippen molar-refractivity contribution in [2.45, 2.75) is 16.1 Å². The smallest absolute Gasteiger partial charge is 0.301 e. The molecule has 13 heteroatoms. The van der Waals surface area contributed by atoms with Crippen LogP contribution in [0.2, 0.25) is 5.02 Å². The van der Waals surface area contributed by atoms with Gasteiger partial charge in [-0.25, -0.2) is 0 Å². The number of thioether (sulfide) groups is 1. The van der Waals surface area contributed by atoms with Gasteiger partial charge in [-0.3, -0.25) is 14.5 Å². The van der Waals surface area contributed by atoms with Crippen molar-refractivity contribution in [3.63, 3.8) is 0 Å². The van der Waals surface area contributed by atoms with Crippen LogP contribution in [0.15, 0.2) is 79.5 Å². The van der Waals surface area contributed by atoms with Gasteiger partial charge >= 0.3 is 5.91 Å². The first-order valence-corrected chi connectivity index (χ1v) is 15.3. The Morgan fingerprint density at radius 1 is 1.10 bits per heavy atom. The molecule has 0 bridgehead atoms. The molecule has 1 atom stereocenters. The Kier molecular flexibility index (Phi) is 8.52. The second-order valence-electron chi connectivity index (χ2n) is 8.50. The van der Waals surface area contributed by atoms with E-state index in [1.165, 1.54) is 29.8 Å². The number of halogens is 3. The lowest BCUT2D eigenvalue weighted by Gasteiger charge is -2.23. The number of methoxy groups -OCH3 is 1. The van der Waals surface area contributed by atoms with Crippen molar-refractivity contribution < 1.29 is 24.5 Å². The third kappa shape index (κ3) is 5.64. The van der Waals surface area contributed by atoms with Gasteiger partial charge < -0.3 is 14.9 Å². The number of hydrogen-bond donors (Lipinski definition) is 2. The largest absolute Gasteiger partial charge is 0.507 e. The summed E-state index contributed by atoms with van der Waals surface area (Å²) in [5.41, 5.74) is 1.66. The van der Waals surface area contributed by atoms with Gasteiger partial charge in [0, 0.05) is 20.8 Å². The summed E-state index contributed by atoms with van der Waals surface area (Å²) in [6.45, 7) is 0. The first-order valence-electron chi connectivity index (χ1n) is 11.5. The van der Waals surface area contributed by atoms with E-state index in [-0.39, 0.29) is 32.4 Å². The third-order valence-corrected chi connectivity index (χ3v) is 9.54. The molecule has 40 heavy (non-hydrogen) atoms. The van der Waals surface area contributed by atoms with Crippen LogP contribution in [0.3, 0.4) is 0 Å². The van der Waals surface area contributed by atoms with Crippen LogP contribution in [-0.2, 0) is 15.3 Å². The van der Waals surface area contributed by atoms with Crippen molar-refractivity contribution in [3.8, 4) is 11.5 Å². The molecule has 0 saturated carbocycles. The number of phenols is 1. The highest BCUT2D eigenvalue weighted by Crippen LogP contribution is 2.47. The van der Waals surface area contributed by atoms with E-state index in [2.05, 4.69) is 42.1 Å². The van der Waals surface area contributed by atoms with Crippen LogP contribution in [0.4, 0.5) is 5.13 Å². The molecular formula is C27H18Br2ClN3O5S2. The van der Waals surface area contributed by atoms with Crippen molar-refractivity contribution in [1.29, 1.82) is 0 Å². The van der Waals surface area contributed by atoms with Gasteiger partial charge in [0.05, 0.1) is 23.2 Å². The SMILES string of the molecule is COc1cc(C2/C(=C(/O)c3ccc(Br)cc3)C(=O)C(=O)N2c2nnc(SCc3ccc(Cl)cc3)s2)cc(Br)c1O. The summed E-state index contributed by atoms with van der Waals surface area (Å²) in [6.07, 6.45) is 0. The van der Waals surface area contributed by atoms with E-state index >= 15 is 0 Å². The van der Waals surface area contributed by atoms with Crippen LogP contribution in [0.1, 0.15) is 22.7 Å². The molecule has 204 valence electrons. The average molecular weight is 724 g/mol. The minimum absolute atomic E-state index is 0.120. The molecule has 1 aliphatic heterocycles. The van der Waals surface area contributed by atoms with Crippen molar-refractivity contribution in [2.75, 3.05) is 12.0 Å². The molecule has 0 spiro atoms. The Morgan fingerprint density at radius 2 is 1.80 bits per heavy atom. The molecule has 0 aliphatic carbocycles. The molecular weight excluding hydrogens is 706 g/mol. The van der Waals surface area contributed by atoms with Crippen molar-refractivity contribution in [2.24, 2.45) is 0 Å². The maximum absolute atomic E-state index is 13.5. The Labute approximate surface area is 258 Å². The molecule has 5 rings (SSSR count). The number of amides is 1. The van der Waals surface area contributed by atoms with Crippen LogP contribution in [0.5, 0.6) is 11.5 Å². The fraction of sp³-hybridized carbons (Fsp3) is 0.111. The second-order valence-corrected chi connectivity index (χ2v) is 12.9. The molecule has 2 N–H and O–H groups in total. The molecule has 1 fully saturated rings. The highest BCUT2D eigenvalue weighted by atomic mass is 79.9. The lowest BCUT2D eigenvalue weighted by Crippen LogP contribution is -2.29. The lowest BCUT2D eigenvalue weighted by atomic mass is 9.95. The zero-order valence-electron chi connectivity index (χ0n) is 20.5. The summed E-state index contributed by atoms with van der Waals surface area (Å²) in [4.78, 5) is 28.1. The number of aliphatic hydroxyl groups is 1. The highest BCUT2D eigenvalue weighted by molar-refractivity contribution is 9.10. The maximum Gasteiger partial charge on any atom is 0.301 e. The Bertz CT molecular complexity index is 1650. The number of aromatic hydroxyl groups is 1. The monoisotopic (exact) mass is 721 g/mol. The number of phenolic OH excluding ortho intramolecular Hbond substituents is 1. The van der Waals surface area contributed by atoms with E-state index < -0.39 is 17.7 Å². The standard InChI is InChI=1S/C27H18Br2ClN3O5S2/c1-38-19-11-15(10-18(29)23(19)35)21-20(22(34)14-4-6-16(28)7-5-14)24(36)25(37)33(21)26-31-32-27(40-26)39-12-13-2-8-17(30)9-3-13/h2-11,21,34-35H,12H2,1H3/b22-20-. The van der Waals surface area contributed by atoms with E-state index in [1.807, 2.05) is 12.1 Å². The summed E-state index contributed by atoms with van der Waals surface area (Å²) in [5, 5.41) is 31.0. The zero-order chi connectivity index (χ0) is 28.6. The van der Waals surface area contributed by atoms with Crippen molar-refractivity contribution >= 4 is 89.1 Å². The van der Waals surface area contributed by atoms with E-state index in [0.29, 0.717) is 26.2 Å². The molecule has 4 aromatic rings. The quantitative estimate of drug-likeness (QED) is 0.0670. The fourth-order valence-corrected chi connectivity index (χ4v) is 6.77. The number of carbonyl (C=O) groups excluding carboxylic acids is 2. The molecule has 1 aliphatic rings. The number of rotatable bonds is 7. The zero-order valence-corrected chi connectivity index (χ0v) is 26.0. The van der Waals surface area contributed by atoms with Gasteiger partial charge in [-0.15, -0.1) is 10.2 Å². The van der Waals surface area contributed by atoms with Crippen LogP contribution in [0, 0.1) is 0 Å². The van der Waals surface area contributed by atoms with Gasteiger partial charge in [0.15, 0.2) is 15.8 Å². The van der Waals surface area contributed by atoms with E-state index in [1.54, 1.807) is 42.5 Å². The average Bonchev–Trinajstić information content (AvgIpc) is 3.51. The summed E-state index contributed by atoms with van der Waals surface area (Å²) in [6, 6.07) is 16.1. The third-order valence-electron chi connectivity index (χ3n) is 6.03. The molecule has 1 saturated heterocycles. The number of ketones is 1. The number of benzene rings is 3. The predicted octanol–water partition coefficient (Wildman–Crippen LogP) is 7.35. The van der Waals surface area contributed by atoms with Crippen LogP contribution < -0.4 is 9.64 Å². The topological polar surface area (TPSA) is 113 Å². The maximum atomic E-state index is 13.5. The predicted molar refractivity (Wildman–Crippen MR) is 162 cm³/mol. The summed E-state index contributed by atoms with van der Waals surface area (Å²) < 4.78 is 6.96.